The molecule has 0 amide bonds. The van der Waals surface area contributed by atoms with Crippen molar-refractivity contribution in [2.45, 2.75) is 15.7 Å². The fraction of sp³-hybridized carbons (Fsp3) is 0.200. The Balaban J connectivity index is 1.99. The summed E-state index contributed by atoms with van der Waals surface area (Å²) in [5, 5.41) is 5.46. The minimum absolute atomic E-state index is 0.0665. The summed E-state index contributed by atoms with van der Waals surface area (Å²) >= 11 is 5.19. The molecule has 3 rings (SSSR count). The molecule has 0 bridgehead atoms. The second-order valence-corrected chi connectivity index (χ2v) is 8.05. The highest BCUT2D eigenvalue weighted by molar-refractivity contribution is 7.93. The van der Waals surface area contributed by atoms with Gasteiger partial charge in [-0.05, 0) is 30.3 Å². The first-order chi connectivity index (χ1) is 13.1. The number of hydrogen-bond acceptors (Lipinski definition) is 7. The maximum absolute atomic E-state index is 14.8. The molecule has 0 saturated carbocycles. The number of aromatic nitrogens is 5. The van der Waals surface area contributed by atoms with Crippen LogP contribution in [0.15, 0.2) is 54.1 Å². The zero-order valence-electron chi connectivity index (χ0n) is 14.0. The highest BCUT2D eigenvalue weighted by atomic mass is 35.5. The van der Waals surface area contributed by atoms with Crippen molar-refractivity contribution in [3.8, 4) is 17.0 Å². The van der Waals surface area contributed by atoms with E-state index in [1.807, 2.05) is 0 Å². The minimum Gasteiger partial charge on any atom is -0.497 e. The summed E-state index contributed by atoms with van der Waals surface area (Å²) in [5.74, 6) is 0.513. The normalized spacial score (nSPS) is 14.5. The van der Waals surface area contributed by atoms with Crippen molar-refractivity contribution >= 4 is 21.4 Å². The summed E-state index contributed by atoms with van der Waals surface area (Å²) in [6, 6.07) is 2.50. The molecule has 0 spiro atoms. The molecule has 28 heavy (non-hydrogen) atoms. The molecule has 0 aliphatic heterocycles. The lowest BCUT2D eigenvalue weighted by atomic mass is 10.2. The highest BCUT2D eigenvalue weighted by Crippen LogP contribution is 2.46. The largest absolute Gasteiger partial charge is 0.497 e. The van der Waals surface area contributed by atoms with Gasteiger partial charge in [-0.3, -0.25) is 0 Å². The first kappa shape index (κ1) is 20.0. The topological polar surface area (TPSA) is 99.9 Å². The van der Waals surface area contributed by atoms with Crippen molar-refractivity contribution in [3.05, 3.63) is 48.9 Å². The lowest BCUT2D eigenvalue weighted by Gasteiger charge is -2.26. The van der Waals surface area contributed by atoms with E-state index in [4.69, 9.17) is 16.3 Å². The Bertz CT molecular complexity index is 1080. The number of benzene rings is 1. The van der Waals surface area contributed by atoms with Gasteiger partial charge in [-0.25, -0.2) is 18.4 Å². The molecule has 0 aliphatic carbocycles. The van der Waals surface area contributed by atoms with Crippen molar-refractivity contribution in [3.63, 3.8) is 0 Å². The molecule has 0 aliphatic rings. The molecule has 1 aromatic carbocycles. The lowest BCUT2D eigenvalue weighted by molar-refractivity contribution is -0.142. The second-order valence-electron chi connectivity index (χ2n) is 5.37. The van der Waals surface area contributed by atoms with E-state index in [-0.39, 0.29) is 10.4 Å². The highest BCUT2D eigenvalue weighted by Gasteiger charge is 2.67. The molecule has 0 N–H and O–H groups in total. The average Bonchev–Trinajstić information content (AvgIpc) is 3.19. The Morgan fingerprint density at radius 1 is 1.11 bits per heavy atom. The third-order valence-corrected chi connectivity index (χ3v) is 6.09. The minimum atomic E-state index is -5.49. The Morgan fingerprint density at radius 2 is 1.71 bits per heavy atom. The van der Waals surface area contributed by atoms with E-state index in [2.05, 4.69) is 20.3 Å². The summed E-state index contributed by atoms with van der Waals surface area (Å²) in [6.45, 7) is 0. The number of methoxy groups -OCH3 is 1. The molecule has 13 heteroatoms. The van der Waals surface area contributed by atoms with Gasteiger partial charge in [0.1, 0.15) is 11.4 Å². The van der Waals surface area contributed by atoms with Crippen molar-refractivity contribution < 1.29 is 26.3 Å². The van der Waals surface area contributed by atoms with Crippen LogP contribution in [-0.2, 0) is 15.9 Å². The predicted molar refractivity (Wildman–Crippen MR) is 91.1 cm³/mol. The van der Waals surface area contributed by atoms with Crippen molar-refractivity contribution in [1.82, 2.24) is 25.0 Å². The van der Waals surface area contributed by atoms with Gasteiger partial charge in [0.2, 0.25) is 0 Å². The molecule has 0 saturated heterocycles. The molecule has 1 unspecified atom stereocenters. The molecule has 0 radical (unpaired) electrons. The number of rotatable bonds is 6. The molecule has 2 aromatic heterocycles. The van der Waals surface area contributed by atoms with Crippen LogP contribution in [0.25, 0.3) is 11.3 Å². The number of sulfone groups is 1. The molecular formula is C15H11ClF3N5O3S. The predicted octanol–water partition coefficient (Wildman–Crippen LogP) is 2.63. The van der Waals surface area contributed by atoms with E-state index in [9.17, 15) is 21.6 Å². The first-order valence-corrected chi connectivity index (χ1v) is 9.32. The standard InChI is InChI=1S/C15H11ClF3N5O3S/c1-27-11-5-3-10(4-6-11)12-9-24(23-22-12)15(18,19)14(16,17)28(25,26)13-20-7-2-8-21-13/h2-9H,1H3. The molecule has 1 atom stereocenters. The second kappa shape index (κ2) is 7.02. The SMILES string of the molecule is COc1ccc(-c2cn(C(F)(F)C(F)(Cl)S(=O)(=O)c3ncccn3)nn2)cc1. The van der Waals surface area contributed by atoms with Gasteiger partial charge in [-0.1, -0.05) is 16.8 Å². The van der Waals surface area contributed by atoms with Gasteiger partial charge >= 0.3 is 10.5 Å². The van der Waals surface area contributed by atoms with Crippen molar-refractivity contribution in [1.29, 1.82) is 0 Å². The molecular weight excluding hydrogens is 423 g/mol. The zero-order chi connectivity index (χ0) is 20.6. The van der Waals surface area contributed by atoms with Crippen LogP contribution in [0.1, 0.15) is 0 Å². The van der Waals surface area contributed by atoms with E-state index < -0.39 is 25.5 Å². The van der Waals surface area contributed by atoms with Crippen LogP contribution in [0.3, 0.4) is 0 Å². The lowest BCUT2D eigenvalue weighted by Crippen LogP contribution is -2.48. The third-order valence-electron chi connectivity index (χ3n) is 3.64. The van der Waals surface area contributed by atoms with Crippen LogP contribution in [0.2, 0.25) is 0 Å². The van der Waals surface area contributed by atoms with Gasteiger partial charge in [0.25, 0.3) is 15.0 Å². The smallest absolute Gasteiger partial charge is 0.408 e. The average molecular weight is 434 g/mol. The van der Waals surface area contributed by atoms with Gasteiger partial charge < -0.3 is 4.74 Å². The van der Waals surface area contributed by atoms with Gasteiger partial charge in [0, 0.05) is 18.0 Å². The Kier molecular flexibility index (Phi) is 5.02. The van der Waals surface area contributed by atoms with Gasteiger partial charge in [0.05, 0.1) is 13.3 Å². The van der Waals surface area contributed by atoms with Crippen LogP contribution in [0.4, 0.5) is 13.2 Å². The molecule has 0 fully saturated rings. The van der Waals surface area contributed by atoms with Crippen LogP contribution < -0.4 is 4.74 Å². The Morgan fingerprint density at radius 3 is 2.29 bits per heavy atom. The fourth-order valence-electron chi connectivity index (χ4n) is 2.13. The number of hydrogen-bond donors (Lipinski definition) is 0. The summed E-state index contributed by atoms with van der Waals surface area (Å²) in [7, 11) is -4.04. The van der Waals surface area contributed by atoms with Gasteiger partial charge in [-0.15, -0.1) is 5.10 Å². The first-order valence-electron chi connectivity index (χ1n) is 7.46. The Hall–Kier alpha value is -2.73. The summed E-state index contributed by atoms with van der Waals surface area (Å²) < 4.78 is 68.7. The van der Waals surface area contributed by atoms with Gasteiger partial charge in [0.15, 0.2) is 0 Å². The fourth-order valence-corrected chi connectivity index (χ4v) is 3.47. The van der Waals surface area contributed by atoms with E-state index in [0.717, 1.165) is 12.4 Å². The Labute approximate surface area is 161 Å². The van der Waals surface area contributed by atoms with Crippen molar-refractivity contribution in [2.24, 2.45) is 0 Å². The quantitative estimate of drug-likeness (QED) is 0.435. The summed E-state index contributed by atoms with van der Waals surface area (Å²) in [4.78, 5) is 6.56. The van der Waals surface area contributed by atoms with E-state index in [1.54, 1.807) is 12.1 Å². The zero-order valence-corrected chi connectivity index (χ0v) is 15.6. The third kappa shape index (κ3) is 3.18. The van der Waals surface area contributed by atoms with Crippen LogP contribution in [0, 0.1) is 0 Å². The molecule has 3 aromatic rings. The maximum atomic E-state index is 14.8. The van der Waals surface area contributed by atoms with E-state index in [1.165, 1.54) is 25.3 Å². The number of nitrogens with zero attached hydrogens (tertiary/aromatic N) is 5. The molecule has 148 valence electrons. The van der Waals surface area contributed by atoms with E-state index >= 15 is 0 Å². The van der Waals surface area contributed by atoms with Gasteiger partial charge in [-0.2, -0.15) is 17.9 Å². The summed E-state index contributed by atoms with van der Waals surface area (Å²) in [5.41, 5.74) is 0.291. The monoisotopic (exact) mass is 433 g/mol. The number of ether oxygens (including phenoxy) is 1. The van der Waals surface area contributed by atoms with Crippen LogP contribution >= 0.6 is 11.6 Å². The van der Waals surface area contributed by atoms with Crippen LogP contribution in [0.5, 0.6) is 5.75 Å². The number of alkyl halides is 4. The van der Waals surface area contributed by atoms with Crippen LogP contribution in [-0.4, -0.2) is 44.9 Å². The summed E-state index contributed by atoms with van der Waals surface area (Å²) in [6.07, 6.45) is 2.56. The van der Waals surface area contributed by atoms with Crippen molar-refractivity contribution in [2.75, 3.05) is 7.11 Å². The van der Waals surface area contributed by atoms with E-state index in [0.29, 0.717) is 17.5 Å². The maximum Gasteiger partial charge on any atom is 0.408 e. The molecule has 2 heterocycles. The molecule has 8 nitrogen and oxygen atoms in total. The number of halogens is 4.